The van der Waals surface area contributed by atoms with Gasteiger partial charge in [0.25, 0.3) is 5.56 Å². The number of aryl methyl sites for hydroxylation is 3. The highest BCUT2D eigenvalue weighted by Gasteiger charge is 2.41. The number of thiophene rings is 1. The highest BCUT2D eigenvalue weighted by atomic mass is 32.1. The van der Waals surface area contributed by atoms with E-state index in [0.717, 1.165) is 4.57 Å². The van der Waals surface area contributed by atoms with Crippen LogP contribution in [-0.4, -0.2) is 43.7 Å². The Bertz CT molecular complexity index is 1590. The lowest BCUT2D eigenvalue weighted by molar-refractivity contribution is -0.131. The Balaban J connectivity index is 1.75. The van der Waals surface area contributed by atoms with E-state index in [2.05, 4.69) is 15.5 Å². The van der Waals surface area contributed by atoms with Crippen LogP contribution in [0.3, 0.4) is 0 Å². The van der Waals surface area contributed by atoms with E-state index in [1.807, 2.05) is 0 Å². The first-order chi connectivity index (χ1) is 17.3. The van der Waals surface area contributed by atoms with Crippen LogP contribution < -0.4 is 21.3 Å². The van der Waals surface area contributed by atoms with Gasteiger partial charge in [0.15, 0.2) is 0 Å². The van der Waals surface area contributed by atoms with Crippen LogP contribution in [0, 0.1) is 12.7 Å². The Morgan fingerprint density at radius 3 is 2.67 bits per heavy atom. The first kappa shape index (κ1) is 23.9. The molecule has 1 saturated heterocycles. The fraction of sp³-hybridized carbons (Fsp3) is 0.375. The summed E-state index contributed by atoms with van der Waals surface area (Å²) in [5.74, 6) is -0.289. The summed E-state index contributed by atoms with van der Waals surface area (Å²) in [6.07, 6.45) is 4.31. The van der Waals surface area contributed by atoms with Crippen LogP contribution in [0.1, 0.15) is 30.9 Å². The van der Waals surface area contributed by atoms with Crippen LogP contribution in [0.15, 0.2) is 40.2 Å². The number of nitrogens with one attached hydrogen (secondary N) is 1. The summed E-state index contributed by atoms with van der Waals surface area (Å²) in [4.78, 5) is 42.5. The minimum atomic E-state index is -1.34. The molecule has 1 aliphatic rings. The first-order valence-corrected chi connectivity index (χ1v) is 12.3. The van der Waals surface area contributed by atoms with E-state index < -0.39 is 22.6 Å². The molecule has 0 radical (unpaired) electrons. The van der Waals surface area contributed by atoms with Gasteiger partial charge >= 0.3 is 5.69 Å². The number of aromatic nitrogens is 5. The maximum Gasteiger partial charge on any atom is 0.333 e. The van der Waals surface area contributed by atoms with Gasteiger partial charge in [0.1, 0.15) is 26.9 Å². The van der Waals surface area contributed by atoms with E-state index in [-0.39, 0.29) is 18.9 Å². The molecule has 1 amide bonds. The van der Waals surface area contributed by atoms with Crippen molar-refractivity contribution in [3.05, 3.63) is 68.4 Å². The van der Waals surface area contributed by atoms with Crippen LogP contribution in [0.4, 0.5) is 4.39 Å². The molecule has 1 atom stereocenters. The van der Waals surface area contributed by atoms with E-state index in [1.54, 1.807) is 13.8 Å². The molecule has 36 heavy (non-hydrogen) atoms. The Morgan fingerprint density at radius 2 is 1.97 bits per heavy atom. The Labute approximate surface area is 208 Å². The smallest absolute Gasteiger partial charge is 0.333 e. The summed E-state index contributed by atoms with van der Waals surface area (Å²) >= 11 is 1.22. The summed E-state index contributed by atoms with van der Waals surface area (Å²) < 4.78 is 21.9. The average Bonchev–Trinajstić information content (AvgIpc) is 3.49. The van der Waals surface area contributed by atoms with Crippen LogP contribution >= 0.6 is 11.3 Å². The van der Waals surface area contributed by atoms with Crippen LogP contribution in [0.2, 0.25) is 0 Å². The van der Waals surface area contributed by atoms with Gasteiger partial charge in [-0.3, -0.25) is 14.2 Å². The molecule has 0 unspecified atom stereocenters. The monoisotopic (exact) mass is 512 g/mol. The number of carbonyl (C=O) groups excluding carboxylic acids is 1. The molecule has 4 aromatic rings. The van der Waals surface area contributed by atoms with E-state index in [9.17, 15) is 18.8 Å². The van der Waals surface area contributed by atoms with Crippen molar-refractivity contribution in [3.63, 3.8) is 0 Å². The number of rotatable bonds is 6. The molecule has 0 aliphatic carbocycles. The number of piperidine rings is 1. The molecule has 3 aromatic heterocycles. The second kappa shape index (κ2) is 9.01. The predicted molar refractivity (Wildman–Crippen MR) is 133 cm³/mol. The molecule has 1 N–H and O–H groups in total. The molecule has 5 rings (SSSR count). The normalized spacial score (nSPS) is 17.9. The van der Waals surface area contributed by atoms with Crippen LogP contribution in [-0.2, 0) is 23.3 Å². The number of amides is 1. The quantitative estimate of drug-likeness (QED) is 0.424. The Kier molecular flexibility index (Phi) is 5.99. The minimum Gasteiger partial charge on any atom is -0.496 e. The molecule has 10 nitrogen and oxygen atoms in total. The second-order valence-corrected chi connectivity index (χ2v) is 9.92. The maximum atomic E-state index is 14.0. The van der Waals surface area contributed by atoms with Crippen LogP contribution in [0.5, 0.6) is 5.75 Å². The van der Waals surface area contributed by atoms with Crippen molar-refractivity contribution >= 4 is 27.5 Å². The number of halogens is 1. The molecule has 12 heteroatoms. The van der Waals surface area contributed by atoms with Crippen LogP contribution in [0.25, 0.3) is 15.2 Å². The number of methoxy groups -OCH3 is 1. The van der Waals surface area contributed by atoms with Crippen molar-refractivity contribution in [2.24, 2.45) is 0 Å². The lowest BCUT2D eigenvalue weighted by Gasteiger charge is -2.34. The molecule has 0 bridgehead atoms. The van der Waals surface area contributed by atoms with E-state index in [4.69, 9.17) is 4.74 Å². The fourth-order valence-electron chi connectivity index (χ4n) is 4.81. The summed E-state index contributed by atoms with van der Waals surface area (Å²) in [6, 6.07) is 4.21. The van der Waals surface area contributed by atoms with Crippen molar-refractivity contribution < 1.29 is 13.9 Å². The van der Waals surface area contributed by atoms with Gasteiger partial charge in [-0.05, 0) is 56.9 Å². The largest absolute Gasteiger partial charge is 0.496 e. The second-order valence-electron chi connectivity index (χ2n) is 8.95. The molecule has 1 aliphatic heterocycles. The third kappa shape index (κ3) is 3.72. The lowest BCUT2D eigenvalue weighted by Crippen LogP contribution is -2.59. The minimum absolute atomic E-state index is 0.138. The van der Waals surface area contributed by atoms with Gasteiger partial charge in [-0.15, -0.1) is 4.80 Å². The standard InChI is InChI=1S/C24H25FN6O4S/c1-14-18-19(32)30(24(2)8-4-9-26-22(24)33)23(34)29(21(18)36-20(14)31-27-10-11-28-31)12-7-15-13-16(25)5-6-17(15)35-3/h5-6,10-11,13H,4,7-9,12H2,1-3H3,(H,26,33)/t24-/m0/s1. The van der Waals surface area contributed by atoms with Gasteiger partial charge in [-0.25, -0.2) is 13.8 Å². The number of hydrogen-bond acceptors (Lipinski definition) is 7. The molecular weight excluding hydrogens is 487 g/mol. The Hall–Kier alpha value is -3.80. The van der Waals surface area contributed by atoms with Gasteiger partial charge in [-0.2, -0.15) is 10.2 Å². The molecule has 1 fully saturated rings. The number of carbonyl (C=O) groups is 1. The molecule has 0 saturated carbocycles. The van der Waals surface area contributed by atoms with Crippen molar-refractivity contribution in [1.29, 1.82) is 0 Å². The van der Waals surface area contributed by atoms with Gasteiger partial charge in [0.2, 0.25) is 5.91 Å². The number of fused-ring (bicyclic) bond motifs is 1. The highest BCUT2D eigenvalue weighted by molar-refractivity contribution is 7.21. The number of hydrogen-bond donors (Lipinski definition) is 1. The Morgan fingerprint density at radius 1 is 1.22 bits per heavy atom. The summed E-state index contributed by atoms with van der Waals surface area (Å²) in [5, 5.41) is 12.1. The number of ether oxygens (including phenoxy) is 1. The van der Waals surface area contributed by atoms with E-state index >= 15 is 0 Å². The average molecular weight is 513 g/mol. The van der Waals surface area contributed by atoms with Gasteiger partial charge < -0.3 is 10.1 Å². The highest BCUT2D eigenvalue weighted by Crippen LogP contribution is 2.32. The topological polar surface area (TPSA) is 113 Å². The van der Waals surface area contributed by atoms with Crippen molar-refractivity contribution in [2.45, 2.75) is 45.2 Å². The zero-order valence-corrected chi connectivity index (χ0v) is 20.9. The summed E-state index contributed by atoms with van der Waals surface area (Å²) in [7, 11) is 1.50. The predicted octanol–water partition coefficient (Wildman–Crippen LogP) is 2.13. The zero-order valence-electron chi connectivity index (χ0n) is 20.1. The van der Waals surface area contributed by atoms with E-state index in [0.29, 0.717) is 51.5 Å². The van der Waals surface area contributed by atoms with Gasteiger partial charge in [0.05, 0.1) is 24.9 Å². The van der Waals surface area contributed by atoms with E-state index in [1.165, 1.54) is 58.4 Å². The third-order valence-corrected chi connectivity index (χ3v) is 8.02. The third-order valence-electron chi connectivity index (χ3n) is 6.74. The summed E-state index contributed by atoms with van der Waals surface area (Å²) in [5.41, 5.74) is -1.26. The zero-order chi connectivity index (χ0) is 25.6. The maximum absolute atomic E-state index is 14.0. The molecular formula is C24H25FN6O4S. The number of nitrogens with zero attached hydrogens (tertiary/aromatic N) is 5. The van der Waals surface area contributed by atoms with Gasteiger partial charge in [0, 0.05) is 18.7 Å². The fourth-order valence-corrected chi connectivity index (χ4v) is 6.04. The lowest BCUT2D eigenvalue weighted by atomic mass is 9.91. The molecule has 188 valence electrons. The van der Waals surface area contributed by atoms with Crippen molar-refractivity contribution in [3.8, 4) is 10.8 Å². The molecule has 1 aromatic carbocycles. The molecule has 4 heterocycles. The SMILES string of the molecule is COc1ccc(F)cc1CCn1c(=O)n([C@@]2(C)CCCNC2=O)c(=O)c2c(C)c(-n3nccn3)sc21. The van der Waals surface area contributed by atoms with Crippen molar-refractivity contribution in [1.82, 2.24) is 29.4 Å². The van der Waals surface area contributed by atoms with Crippen molar-refractivity contribution in [2.75, 3.05) is 13.7 Å². The molecule has 0 spiro atoms. The summed E-state index contributed by atoms with van der Waals surface area (Å²) in [6.45, 7) is 4.02. The first-order valence-electron chi connectivity index (χ1n) is 11.5. The van der Waals surface area contributed by atoms with Gasteiger partial charge in [-0.1, -0.05) is 11.3 Å². The number of benzene rings is 1.